The van der Waals surface area contributed by atoms with Gasteiger partial charge < -0.3 is 25.2 Å². The summed E-state index contributed by atoms with van der Waals surface area (Å²) in [6.45, 7) is 4.20. The van der Waals surface area contributed by atoms with E-state index in [1.54, 1.807) is 13.3 Å². The minimum atomic E-state index is -0.241. The number of ether oxygens (including phenoxy) is 1. The molecule has 2 heterocycles. The number of likely N-dealkylation sites (N-methyl/N-ethyl adjacent to an activating group) is 1. The third-order valence-electron chi connectivity index (χ3n) is 5.51. The van der Waals surface area contributed by atoms with Gasteiger partial charge in [-0.3, -0.25) is 5.10 Å². The number of anilines is 2. The van der Waals surface area contributed by atoms with Crippen molar-refractivity contribution in [1.82, 2.24) is 20.4 Å². The van der Waals surface area contributed by atoms with E-state index in [1.807, 2.05) is 42.6 Å². The number of hydrogen-bond donors (Lipinski definition) is 3. The van der Waals surface area contributed by atoms with Crippen LogP contribution in [0.2, 0.25) is 0 Å². The van der Waals surface area contributed by atoms with Gasteiger partial charge >= 0.3 is 6.03 Å². The molecule has 4 rings (SSSR count). The molecule has 1 aliphatic heterocycles. The fourth-order valence-electron chi connectivity index (χ4n) is 3.67. The Kier molecular flexibility index (Phi) is 6.37. The predicted octanol–water partition coefficient (Wildman–Crippen LogP) is 3.16. The Bertz CT molecular complexity index is 1010. The summed E-state index contributed by atoms with van der Waals surface area (Å²) in [5, 5.41) is 12.9. The van der Waals surface area contributed by atoms with Gasteiger partial charge in [-0.05, 0) is 42.4 Å². The number of nitrogens with one attached hydrogen (secondary N) is 3. The van der Waals surface area contributed by atoms with Crippen LogP contribution in [0.5, 0.6) is 5.75 Å². The van der Waals surface area contributed by atoms with Crippen LogP contribution in [0.15, 0.2) is 54.9 Å². The minimum Gasteiger partial charge on any atom is -0.497 e. The normalized spacial score (nSPS) is 14.3. The molecule has 0 bridgehead atoms. The number of benzene rings is 2. The molecule has 0 atom stereocenters. The summed E-state index contributed by atoms with van der Waals surface area (Å²) in [5.74, 6) is 0.770. The summed E-state index contributed by atoms with van der Waals surface area (Å²) in [5.41, 5.74) is 4.86. The maximum absolute atomic E-state index is 12.6. The van der Waals surface area contributed by atoms with Crippen molar-refractivity contribution in [3.8, 4) is 16.9 Å². The lowest BCUT2D eigenvalue weighted by molar-refractivity contribution is 0.251. The van der Waals surface area contributed by atoms with E-state index in [1.165, 1.54) is 0 Å². The van der Waals surface area contributed by atoms with Crippen LogP contribution in [-0.4, -0.2) is 61.5 Å². The second-order valence-corrected chi connectivity index (χ2v) is 7.67. The Morgan fingerprint density at radius 1 is 1.13 bits per heavy atom. The van der Waals surface area contributed by atoms with Crippen molar-refractivity contribution < 1.29 is 9.53 Å². The van der Waals surface area contributed by atoms with Crippen LogP contribution in [0.4, 0.5) is 16.2 Å². The van der Waals surface area contributed by atoms with Crippen molar-refractivity contribution in [2.75, 3.05) is 50.6 Å². The zero-order chi connectivity index (χ0) is 21.6. The highest BCUT2D eigenvalue weighted by atomic mass is 16.5. The third-order valence-corrected chi connectivity index (χ3v) is 5.51. The fraction of sp³-hybridized carbons (Fsp3) is 0.304. The van der Waals surface area contributed by atoms with E-state index in [4.69, 9.17) is 4.74 Å². The van der Waals surface area contributed by atoms with Crippen LogP contribution in [0, 0.1) is 0 Å². The Morgan fingerprint density at radius 3 is 2.71 bits per heavy atom. The topological polar surface area (TPSA) is 85.5 Å². The number of H-pyrrole nitrogens is 1. The monoisotopic (exact) mass is 420 g/mol. The van der Waals surface area contributed by atoms with Gasteiger partial charge in [0.05, 0.1) is 24.7 Å². The van der Waals surface area contributed by atoms with E-state index in [-0.39, 0.29) is 6.03 Å². The number of carbonyl (C=O) groups is 1. The smallest absolute Gasteiger partial charge is 0.319 e. The number of methoxy groups -OCH3 is 1. The lowest BCUT2D eigenvalue weighted by Crippen LogP contribution is -2.44. The molecule has 0 saturated carbocycles. The van der Waals surface area contributed by atoms with Crippen LogP contribution in [0.1, 0.15) is 5.56 Å². The Hall–Kier alpha value is -3.52. The number of piperazine rings is 1. The molecule has 1 fully saturated rings. The molecule has 1 aliphatic rings. The summed E-state index contributed by atoms with van der Waals surface area (Å²) in [6.07, 6.45) is 3.67. The van der Waals surface area contributed by atoms with Gasteiger partial charge in [-0.25, -0.2) is 4.79 Å². The average Bonchev–Trinajstić information content (AvgIpc) is 3.34. The number of amides is 2. The molecule has 0 radical (unpaired) electrons. The molecular weight excluding hydrogens is 392 g/mol. The first-order valence-electron chi connectivity index (χ1n) is 10.4. The first-order valence-corrected chi connectivity index (χ1v) is 10.4. The first-order chi connectivity index (χ1) is 15.1. The van der Waals surface area contributed by atoms with Crippen molar-refractivity contribution >= 4 is 17.4 Å². The molecule has 0 aliphatic carbocycles. The second kappa shape index (κ2) is 9.53. The molecule has 3 aromatic rings. The van der Waals surface area contributed by atoms with Gasteiger partial charge in [0.1, 0.15) is 5.75 Å². The van der Waals surface area contributed by atoms with E-state index in [0.29, 0.717) is 6.54 Å². The van der Waals surface area contributed by atoms with Crippen LogP contribution in [0.3, 0.4) is 0 Å². The van der Waals surface area contributed by atoms with Gasteiger partial charge in [0, 0.05) is 44.5 Å². The maximum Gasteiger partial charge on any atom is 0.319 e. The lowest BCUT2D eigenvalue weighted by Gasteiger charge is -2.35. The molecule has 162 valence electrons. The van der Waals surface area contributed by atoms with Crippen LogP contribution in [-0.2, 0) is 6.54 Å². The summed E-state index contributed by atoms with van der Waals surface area (Å²) >= 11 is 0. The molecule has 0 unspecified atom stereocenters. The number of nitrogens with zero attached hydrogens (tertiary/aromatic N) is 3. The summed E-state index contributed by atoms with van der Waals surface area (Å²) in [7, 11) is 3.76. The van der Waals surface area contributed by atoms with Crippen LogP contribution >= 0.6 is 0 Å². The van der Waals surface area contributed by atoms with Gasteiger partial charge in [0.2, 0.25) is 0 Å². The number of rotatable bonds is 6. The quantitative estimate of drug-likeness (QED) is 0.570. The van der Waals surface area contributed by atoms with Crippen LogP contribution < -0.4 is 20.3 Å². The minimum absolute atomic E-state index is 0.241. The van der Waals surface area contributed by atoms with Gasteiger partial charge in [-0.15, -0.1) is 0 Å². The highest BCUT2D eigenvalue weighted by Crippen LogP contribution is 2.32. The van der Waals surface area contributed by atoms with Gasteiger partial charge in [0.25, 0.3) is 0 Å². The maximum atomic E-state index is 12.6. The zero-order valence-electron chi connectivity index (χ0n) is 17.9. The number of aromatic nitrogens is 2. The highest BCUT2D eigenvalue weighted by molar-refractivity contribution is 5.94. The van der Waals surface area contributed by atoms with Crippen molar-refractivity contribution in [3.63, 3.8) is 0 Å². The molecule has 1 saturated heterocycles. The number of hydrogen-bond acceptors (Lipinski definition) is 5. The molecule has 8 nitrogen and oxygen atoms in total. The fourth-order valence-corrected chi connectivity index (χ4v) is 3.67. The summed E-state index contributed by atoms with van der Waals surface area (Å²) < 4.78 is 5.25. The summed E-state index contributed by atoms with van der Waals surface area (Å²) in [4.78, 5) is 17.3. The Balaban J connectivity index is 1.50. The predicted molar refractivity (Wildman–Crippen MR) is 123 cm³/mol. The van der Waals surface area contributed by atoms with Crippen LogP contribution in [0.25, 0.3) is 11.1 Å². The molecule has 2 aromatic carbocycles. The number of urea groups is 1. The Labute approximate surface area is 182 Å². The van der Waals surface area contributed by atoms with Crippen molar-refractivity contribution in [1.29, 1.82) is 0 Å². The van der Waals surface area contributed by atoms with E-state index in [9.17, 15) is 4.79 Å². The van der Waals surface area contributed by atoms with E-state index < -0.39 is 0 Å². The third kappa shape index (κ3) is 5.16. The SMILES string of the molecule is COc1cccc(CNC(=O)Nc2ccc(-c3cn[nH]c3)cc2N2CCN(C)CC2)c1. The molecule has 2 amide bonds. The molecule has 0 spiro atoms. The lowest BCUT2D eigenvalue weighted by atomic mass is 10.1. The van der Waals surface area contributed by atoms with E-state index in [2.05, 4.69) is 43.7 Å². The average molecular weight is 421 g/mol. The molecular formula is C23H28N6O2. The van der Waals surface area contributed by atoms with Crippen molar-refractivity contribution in [3.05, 3.63) is 60.4 Å². The van der Waals surface area contributed by atoms with Gasteiger partial charge in [0.15, 0.2) is 0 Å². The highest BCUT2D eigenvalue weighted by Gasteiger charge is 2.19. The standard InChI is InChI=1S/C23H28N6O2/c1-28-8-10-29(11-9-28)22-13-18(19-15-25-26-16-19)6-7-21(22)27-23(30)24-14-17-4-3-5-20(12-17)31-2/h3-7,12-13,15-16H,8-11,14H2,1-2H3,(H,25,26)(H2,24,27,30). The van der Waals surface area contributed by atoms with Crippen molar-refractivity contribution in [2.24, 2.45) is 0 Å². The summed E-state index contributed by atoms with van der Waals surface area (Å²) in [6, 6.07) is 13.5. The zero-order valence-corrected chi connectivity index (χ0v) is 17.9. The second-order valence-electron chi connectivity index (χ2n) is 7.67. The first kappa shape index (κ1) is 20.7. The number of carbonyl (C=O) groups excluding carboxylic acids is 1. The van der Waals surface area contributed by atoms with E-state index in [0.717, 1.165) is 60.0 Å². The largest absolute Gasteiger partial charge is 0.497 e. The van der Waals surface area contributed by atoms with E-state index >= 15 is 0 Å². The molecule has 8 heteroatoms. The molecule has 3 N–H and O–H groups in total. The Morgan fingerprint density at radius 2 is 1.97 bits per heavy atom. The molecule has 1 aromatic heterocycles. The van der Waals surface area contributed by atoms with Gasteiger partial charge in [-0.1, -0.05) is 18.2 Å². The molecule has 31 heavy (non-hydrogen) atoms. The van der Waals surface area contributed by atoms with Crippen molar-refractivity contribution in [2.45, 2.75) is 6.54 Å². The number of aromatic amines is 1. The van der Waals surface area contributed by atoms with Gasteiger partial charge in [-0.2, -0.15) is 5.10 Å².